The molecule has 0 aromatic heterocycles. The van der Waals surface area contributed by atoms with Gasteiger partial charge in [-0.3, -0.25) is 4.57 Å². The Kier molecular flexibility index (Phi) is 8.23. The maximum Gasteiger partial charge on any atom is 0.333 e. The van der Waals surface area contributed by atoms with Gasteiger partial charge in [-0.1, -0.05) is 30.2 Å². The van der Waals surface area contributed by atoms with Crippen molar-refractivity contribution in [1.82, 2.24) is 0 Å². The highest BCUT2D eigenvalue weighted by atomic mass is 31.2. The zero-order valence-corrected chi connectivity index (χ0v) is 16.2. The van der Waals surface area contributed by atoms with E-state index in [-0.39, 0.29) is 12.1 Å². The van der Waals surface area contributed by atoms with Gasteiger partial charge in [0.2, 0.25) is 0 Å². The van der Waals surface area contributed by atoms with Crippen molar-refractivity contribution in [3.63, 3.8) is 0 Å². The van der Waals surface area contributed by atoms with Crippen molar-refractivity contribution in [3.05, 3.63) is 23.3 Å². The summed E-state index contributed by atoms with van der Waals surface area (Å²) in [6.07, 6.45) is 7.84. The second-order valence-corrected chi connectivity index (χ2v) is 8.75. The third-order valence-electron chi connectivity index (χ3n) is 4.37. The Morgan fingerprint density at radius 1 is 1.39 bits per heavy atom. The average Bonchev–Trinajstić information content (AvgIpc) is 2.43. The van der Waals surface area contributed by atoms with Gasteiger partial charge in [0.15, 0.2) is 0 Å². The monoisotopic (exact) mass is 344 g/mol. The Balaban J connectivity index is 2.74. The molecule has 1 aliphatic rings. The van der Waals surface area contributed by atoms with Crippen molar-refractivity contribution >= 4 is 7.60 Å². The molecule has 0 saturated carbocycles. The second-order valence-electron chi connectivity index (χ2n) is 6.70. The van der Waals surface area contributed by atoms with E-state index in [9.17, 15) is 9.67 Å². The molecule has 23 heavy (non-hydrogen) atoms. The SMILES string of the molecule is CCOP(=O)(CC1(O)CC=C(CCC=C(C)C)CC1C)OCC. The molecule has 0 heterocycles. The Morgan fingerprint density at radius 3 is 2.48 bits per heavy atom. The molecule has 0 aromatic carbocycles. The predicted molar refractivity (Wildman–Crippen MR) is 95.8 cm³/mol. The fourth-order valence-corrected chi connectivity index (χ4v) is 5.17. The largest absolute Gasteiger partial charge is 0.389 e. The molecule has 0 amide bonds. The first kappa shape index (κ1) is 20.6. The minimum atomic E-state index is -3.23. The summed E-state index contributed by atoms with van der Waals surface area (Å²) in [5.74, 6) is 0.0449. The maximum atomic E-state index is 12.7. The summed E-state index contributed by atoms with van der Waals surface area (Å²) < 4.78 is 23.4. The molecule has 0 aromatic rings. The molecule has 0 bridgehead atoms. The smallest absolute Gasteiger partial charge is 0.333 e. The summed E-state index contributed by atoms with van der Waals surface area (Å²) in [6, 6.07) is 0. The van der Waals surface area contributed by atoms with Crippen LogP contribution in [-0.4, -0.2) is 30.1 Å². The van der Waals surface area contributed by atoms with Crippen LogP contribution in [0.3, 0.4) is 0 Å². The first-order valence-corrected chi connectivity index (χ1v) is 10.4. The van der Waals surface area contributed by atoms with E-state index in [4.69, 9.17) is 9.05 Å². The maximum absolute atomic E-state index is 12.7. The molecule has 1 aliphatic carbocycles. The van der Waals surface area contributed by atoms with Gasteiger partial charge in [-0.2, -0.15) is 0 Å². The molecule has 2 atom stereocenters. The number of aliphatic hydroxyl groups is 1. The lowest BCUT2D eigenvalue weighted by molar-refractivity contribution is 0.000437. The van der Waals surface area contributed by atoms with Crippen LogP contribution in [-0.2, 0) is 13.6 Å². The Bertz CT molecular complexity index is 469. The van der Waals surface area contributed by atoms with Crippen LogP contribution in [0, 0.1) is 5.92 Å². The van der Waals surface area contributed by atoms with E-state index in [1.54, 1.807) is 13.8 Å². The van der Waals surface area contributed by atoms with E-state index in [0.717, 1.165) is 19.3 Å². The minimum Gasteiger partial charge on any atom is -0.389 e. The van der Waals surface area contributed by atoms with Gasteiger partial charge in [0.05, 0.1) is 25.0 Å². The highest BCUT2D eigenvalue weighted by Gasteiger charge is 2.43. The Morgan fingerprint density at radius 2 is 2.00 bits per heavy atom. The third kappa shape index (κ3) is 6.54. The number of hydrogen-bond donors (Lipinski definition) is 1. The molecular formula is C18H33O4P. The summed E-state index contributed by atoms with van der Waals surface area (Å²) >= 11 is 0. The molecule has 0 saturated heterocycles. The van der Waals surface area contributed by atoms with Gasteiger partial charge >= 0.3 is 7.60 Å². The number of allylic oxidation sites excluding steroid dienone is 3. The van der Waals surface area contributed by atoms with E-state index in [0.29, 0.717) is 19.6 Å². The van der Waals surface area contributed by atoms with E-state index < -0.39 is 13.2 Å². The molecule has 5 heteroatoms. The molecule has 1 N–H and O–H groups in total. The normalized spacial score (nSPS) is 25.1. The highest BCUT2D eigenvalue weighted by Crippen LogP contribution is 2.53. The van der Waals surface area contributed by atoms with Crippen molar-refractivity contribution < 1.29 is 18.7 Å². The van der Waals surface area contributed by atoms with E-state index in [1.807, 2.05) is 6.92 Å². The van der Waals surface area contributed by atoms with Crippen LogP contribution in [0.4, 0.5) is 0 Å². The van der Waals surface area contributed by atoms with Gasteiger partial charge in [0, 0.05) is 0 Å². The highest BCUT2D eigenvalue weighted by molar-refractivity contribution is 7.53. The van der Waals surface area contributed by atoms with E-state index >= 15 is 0 Å². The first-order valence-electron chi connectivity index (χ1n) is 8.66. The molecule has 1 rings (SSSR count). The first-order chi connectivity index (χ1) is 10.7. The van der Waals surface area contributed by atoms with Crippen molar-refractivity contribution in [2.75, 3.05) is 19.4 Å². The molecule has 134 valence electrons. The number of rotatable bonds is 9. The lowest BCUT2D eigenvalue weighted by Gasteiger charge is -2.39. The van der Waals surface area contributed by atoms with E-state index in [1.165, 1.54) is 11.1 Å². The summed E-state index contributed by atoms with van der Waals surface area (Å²) in [6.45, 7) is 10.5. The van der Waals surface area contributed by atoms with Crippen LogP contribution in [0.25, 0.3) is 0 Å². The zero-order chi connectivity index (χ0) is 17.5. The van der Waals surface area contributed by atoms with Crippen LogP contribution in [0.15, 0.2) is 23.3 Å². The van der Waals surface area contributed by atoms with Gasteiger partial charge in [-0.15, -0.1) is 0 Å². The Labute approximate surface area is 141 Å². The lowest BCUT2D eigenvalue weighted by Crippen LogP contribution is -2.42. The van der Waals surface area contributed by atoms with Gasteiger partial charge < -0.3 is 14.2 Å². The topological polar surface area (TPSA) is 55.8 Å². The van der Waals surface area contributed by atoms with Crippen molar-refractivity contribution in [1.29, 1.82) is 0 Å². The van der Waals surface area contributed by atoms with E-state index in [2.05, 4.69) is 26.0 Å². The van der Waals surface area contributed by atoms with Crippen LogP contribution in [0.1, 0.15) is 60.3 Å². The summed E-state index contributed by atoms with van der Waals surface area (Å²) in [7, 11) is -3.23. The lowest BCUT2D eigenvalue weighted by atomic mass is 9.77. The van der Waals surface area contributed by atoms with Crippen LogP contribution < -0.4 is 0 Å². The van der Waals surface area contributed by atoms with Gasteiger partial charge in [0.25, 0.3) is 0 Å². The summed E-state index contributed by atoms with van der Waals surface area (Å²) in [5, 5.41) is 11.0. The predicted octanol–water partition coefficient (Wildman–Crippen LogP) is 5.09. The van der Waals surface area contributed by atoms with Crippen LogP contribution in [0.2, 0.25) is 0 Å². The standard InChI is InChI=1S/C18H33O4P/c1-6-21-23(20,22-7-2)14-18(19)12-11-17(13-16(18)5)10-8-9-15(3)4/h9,11,16,19H,6-8,10,12-14H2,1-5H3. The van der Waals surface area contributed by atoms with Gasteiger partial charge in [-0.25, -0.2) is 0 Å². The third-order valence-corrected chi connectivity index (χ3v) is 6.61. The van der Waals surface area contributed by atoms with Crippen LogP contribution in [0.5, 0.6) is 0 Å². The fraction of sp³-hybridized carbons (Fsp3) is 0.778. The van der Waals surface area contributed by atoms with Crippen molar-refractivity contribution in [2.24, 2.45) is 5.92 Å². The molecule has 0 aliphatic heterocycles. The van der Waals surface area contributed by atoms with Gasteiger partial charge in [0.1, 0.15) is 0 Å². The molecule has 0 spiro atoms. The molecule has 4 nitrogen and oxygen atoms in total. The number of hydrogen-bond acceptors (Lipinski definition) is 4. The summed E-state index contributed by atoms with van der Waals surface area (Å²) in [4.78, 5) is 0. The van der Waals surface area contributed by atoms with Crippen molar-refractivity contribution in [3.8, 4) is 0 Å². The average molecular weight is 344 g/mol. The van der Waals surface area contributed by atoms with Gasteiger partial charge in [-0.05, 0) is 59.3 Å². The second kappa shape index (κ2) is 9.17. The Hall–Kier alpha value is -0.410. The molecule has 2 unspecified atom stereocenters. The fourth-order valence-electron chi connectivity index (χ4n) is 3.02. The minimum absolute atomic E-state index is 0.0449. The van der Waals surface area contributed by atoms with Crippen LogP contribution >= 0.6 is 7.60 Å². The zero-order valence-electron chi connectivity index (χ0n) is 15.3. The molecule has 0 fully saturated rings. The molecule has 0 radical (unpaired) electrons. The van der Waals surface area contributed by atoms with Crippen molar-refractivity contribution in [2.45, 2.75) is 65.9 Å². The summed E-state index contributed by atoms with van der Waals surface area (Å²) in [5.41, 5.74) is 1.70. The quantitative estimate of drug-likeness (QED) is 0.468. The molecular weight excluding hydrogens is 311 g/mol.